The van der Waals surface area contributed by atoms with Crippen molar-refractivity contribution in [3.63, 3.8) is 0 Å². The fraction of sp³-hybridized carbons (Fsp3) is 0.545. The predicted octanol–water partition coefficient (Wildman–Crippen LogP) is 3.20. The Bertz CT molecular complexity index is 395. The highest BCUT2D eigenvalue weighted by Gasteiger charge is 2.16. The largest absolute Gasteiger partial charge is 0.366 e. The molecule has 1 aromatic rings. The monoisotopic (exact) mass is 262 g/mol. The van der Waals surface area contributed by atoms with Crippen molar-refractivity contribution < 1.29 is 13.2 Å². The molecular weight excluding hydrogens is 249 g/mol. The van der Waals surface area contributed by atoms with Crippen LogP contribution in [0.1, 0.15) is 19.3 Å². The molecule has 2 rings (SSSR count). The first-order valence-electron chi connectivity index (χ1n) is 5.54. The fourth-order valence-corrected chi connectivity index (χ4v) is 2.99. The minimum absolute atomic E-state index is 0.213. The van der Waals surface area contributed by atoms with Crippen molar-refractivity contribution in [2.45, 2.75) is 24.5 Å². The van der Waals surface area contributed by atoms with Gasteiger partial charge >= 0.3 is 0 Å². The van der Waals surface area contributed by atoms with Gasteiger partial charge < -0.3 is 5.32 Å². The summed E-state index contributed by atoms with van der Waals surface area (Å²) in [5, 5.41) is 3.12. The lowest BCUT2D eigenvalue weighted by atomic mass is 10.2. The zero-order chi connectivity index (χ0) is 12.3. The average Bonchev–Trinajstić information content (AvgIpc) is 2.33. The van der Waals surface area contributed by atoms with Crippen molar-refractivity contribution in [2.75, 3.05) is 17.6 Å². The Morgan fingerprint density at radius 1 is 1.29 bits per heavy atom. The molecule has 1 saturated heterocycles. The van der Waals surface area contributed by atoms with Crippen LogP contribution in [0.3, 0.4) is 0 Å². The van der Waals surface area contributed by atoms with Crippen molar-refractivity contribution in [3.8, 4) is 0 Å². The zero-order valence-electron chi connectivity index (χ0n) is 9.18. The van der Waals surface area contributed by atoms with Crippen LogP contribution in [0.5, 0.6) is 0 Å². The molecule has 2 nitrogen and oxygen atoms in total. The van der Waals surface area contributed by atoms with Gasteiger partial charge in [-0.1, -0.05) is 6.42 Å². The van der Waals surface area contributed by atoms with Gasteiger partial charge in [0.15, 0.2) is 17.5 Å². The van der Waals surface area contributed by atoms with Crippen molar-refractivity contribution in [3.05, 3.63) is 23.6 Å². The van der Waals surface area contributed by atoms with Crippen LogP contribution >= 0.6 is 11.8 Å². The maximum absolute atomic E-state index is 13.2. The van der Waals surface area contributed by atoms with Gasteiger partial charge in [0.25, 0.3) is 5.95 Å². The van der Waals surface area contributed by atoms with Gasteiger partial charge in [0.05, 0.1) is 0 Å². The average molecular weight is 262 g/mol. The number of nitrogens with one attached hydrogen (secondary N) is 1. The van der Waals surface area contributed by atoms with Crippen LogP contribution in [0.4, 0.5) is 19.0 Å². The van der Waals surface area contributed by atoms with Crippen molar-refractivity contribution >= 4 is 17.6 Å². The number of thioether (sulfide) groups is 1. The smallest absolute Gasteiger partial charge is 0.251 e. The normalized spacial score (nSPS) is 20.3. The van der Waals surface area contributed by atoms with Crippen LogP contribution in [-0.2, 0) is 0 Å². The quantitative estimate of drug-likeness (QED) is 0.847. The Hall–Kier alpha value is -0.910. The third-order valence-electron chi connectivity index (χ3n) is 2.66. The molecule has 17 heavy (non-hydrogen) atoms. The molecule has 1 unspecified atom stereocenters. The van der Waals surface area contributed by atoms with E-state index < -0.39 is 17.6 Å². The van der Waals surface area contributed by atoms with Gasteiger partial charge in [-0.2, -0.15) is 21.1 Å². The summed E-state index contributed by atoms with van der Waals surface area (Å²) in [6.45, 7) is 0.527. The van der Waals surface area contributed by atoms with Crippen LogP contribution in [0, 0.1) is 17.6 Å². The molecule has 0 radical (unpaired) electrons. The van der Waals surface area contributed by atoms with E-state index in [2.05, 4.69) is 10.3 Å². The molecule has 1 aromatic heterocycles. The van der Waals surface area contributed by atoms with Crippen molar-refractivity contribution in [1.29, 1.82) is 0 Å². The molecular formula is C11H13F3N2S. The first-order chi connectivity index (χ1) is 8.16. The number of nitrogens with zero attached hydrogens (tertiary/aromatic N) is 1. The van der Waals surface area contributed by atoms with E-state index in [0.29, 0.717) is 17.9 Å². The number of hydrogen-bond donors (Lipinski definition) is 1. The summed E-state index contributed by atoms with van der Waals surface area (Å²) in [4.78, 5) is 3.22. The molecule has 94 valence electrons. The minimum atomic E-state index is -1.27. The number of pyridine rings is 1. The number of hydrogen-bond acceptors (Lipinski definition) is 3. The van der Waals surface area contributed by atoms with E-state index in [4.69, 9.17) is 0 Å². The summed E-state index contributed by atoms with van der Waals surface area (Å²) in [6, 6.07) is 0.513. The molecule has 0 spiro atoms. The molecule has 0 aromatic carbocycles. The summed E-state index contributed by atoms with van der Waals surface area (Å²) in [5.41, 5.74) is 0. The summed E-state index contributed by atoms with van der Waals surface area (Å²) >= 11 is 1.82. The molecule has 6 heteroatoms. The van der Waals surface area contributed by atoms with Crippen LogP contribution in [0.25, 0.3) is 0 Å². The van der Waals surface area contributed by atoms with E-state index in [0.717, 1.165) is 18.6 Å². The van der Waals surface area contributed by atoms with E-state index in [1.807, 2.05) is 11.8 Å². The summed E-state index contributed by atoms with van der Waals surface area (Å²) in [7, 11) is 0. The van der Waals surface area contributed by atoms with Gasteiger partial charge in [-0.3, -0.25) is 0 Å². The Morgan fingerprint density at radius 3 is 2.82 bits per heavy atom. The molecule has 1 N–H and O–H groups in total. The third kappa shape index (κ3) is 3.28. The summed E-state index contributed by atoms with van der Waals surface area (Å²) < 4.78 is 38.7. The molecule has 1 aliphatic rings. The fourth-order valence-electron chi connectivity index (χ4n) is 1.75. The second-order valence-corrected chi connectivity index (χ2v) is 5.37. The lowest BCUT2D eigenvalue weighted by Crippen LogP contribution is -2.21. The number of aromatic nitrogens is 1. The molecule has 2 heterocycles. The highest BCUT2D eigenvalue weighted by molar-refractivity contribution is 7.99. The Balaban J connectivity index is 1.96. The first-order valence-corrected chi connectivity index (χ1v) is 6.58. The summed E-state index contributed by atoms with van der Waals surface area (Å²) in [6.07, 6.45) is 3.43. The van der Waals surface area contributed by atoms with Crippen molar-refractivity contribution in [2.24, 2.45) is 0 Å². The van der Waals surface area contributed by atoms with Gasteiger partial charge in [0, 0.05) is 17.9 Å². The van der Waals surface area contributed by atoms with Gasteiger partial charge in [-0.15, -0.1) is 0 Å². The zero-order valence-corrected chi connectivity index (χ0v) is 10.00. The van der Waals surface area contributed by atoms with E-state index in [1.54, 1.807) is 0 Å². The maximum Gasteiger partial charge on any atom is 0.251 e. The highest BCUT2D eigenvalue weighted by Crippen LogP contribution is 2.25. The number of halogens is 3. The molecule has 0 amide bonds. The molecule has 0 aliphatic carbocycles. The van der Waals surface area contributed by atoms with Gasteiger partial charge in [0.1, 0.15) is 0 Å². The number of rotatable bonds is 3. The minimum Gasteiger partial charge on any atom is -0.366 e. The standard InChI is InChI=1S/C11H13F3N2S/c12-8-5-9(13)11(16-10(8)14)15-6-7-3-1-2-4-17-7/h5,7H,1-4,6H2,(H,15,16). The predicted molar refractivity (Wildman–Crippen MR) is 62.7 cm³/mol. The Morgan fingerprint density at radius 2 is 2.12 bits per heavy atom. The maximum atomic E-state index is 13.2. The Labute approximate surface area is 102 Å². The van der Waals surface area contributed by atoms with E-state index in [9.17, 15) is 13.2 Å². The van der Waals surface area contributed by atoms with E-state index >= 15 is 0 Å². The second kappa shape index (κ2) is 5.62. The van der Waals surface area contributed by atoms with Gasteiger partial charge in [0.2, 0.25) is 0 Å². The first kappa shape index (κ1) is 12.5. The second-order valence-electron chi connectivity index (χ2n) is 3.96. The summed E-state index contributed by atoms with van der Waals surface area (Å²) in [5.74, 6) is -2.51. The van der Waals surface area contributed by atoms with Gasteiger partial charge in [-0.25, -0.2) is 8.78 Å². The van der Waals surface area contributed by atoms with Gasteiger partial charge in [-0.05, 0) is 18.6 Å². The van der Waals surface area contributed by atoms with Crippen LogP contribution in [-0.4, -0.2) is 22.5 Å². The molecule has 0 bridgehead atoms. The van der Waals surface area contributed by atoms with Crippen LogP contribution in [0.2, 0.25) is 0 Å². The number of anilines is 1. The van der Waals surface area contributed by atoms with Crippen LogP contribution < -0.4 is 5.32 Å². The molecule has 1 fully saturated rings. The van der Waals surface area contributed by atoms with Crippen LogP contribution in [0.15, 0.2) is 6.07 Å². The SMILES string of the molecule is Fc1cc(F)c(NCC2CCCCS2)nc1F. The lowest BCUT2D eigenvalue weighted by molar-refractivity contribution is 0.466. The molecule has 1 atom stereocenters. The van der Waals surface area contributed by atoms with E-state index in [1.165, 1.54) is 6.42 Å². The molecule has 0 saturated carbocycles. The topological polar surface area (TPSA) is 24.9 Å². The highest BCUT2D eigenvalue weighted by atomic mass is 32.2. The van der Waals surface area contributed by atoms with Crippen molar-refractivity contribution in [1.82, 2.24) is 4.98 Å². The Kier molecular flexibility index (Phi) is 4.15. The lowest BCUT2D eigenvalue weighted by Gasteiger charge is -2.21. The molecule has 1 aliphatic heterocycles. The van der Waals surface area contributed by atoms with E-state index in [-0.39, 0.29) is 5.82 Å². The third-order valence-corrected chi connectivity index (χ3v) is 4.06.